The highest BCUT2D eigenvalue weighted by Crippen LogP contribution is 2.34. The van der Waals surface area contributed by atoms with Crippen LogP contribution in [0.5, 0.6) is 11.5 Å². The molecular formula is C15H14FNO4. The molecule has 0 bridgehead atoms. The van der Waals surface area contributed by atoms with Crippen LogP contribution in [0.15, 0.2) is 36.4 Å². The van der Waals surface area contributed by atoms with Gasteiger partial charge in [-0.1, -0.05) is 6.07 Å². The minimum Gasteiger partial charge on any atom is -0.456 e. The third-order valence-corrected chi connectivity index (χ3v) is 3.03. The number of aliphatic hydroxyl groups excluding tert-OH is 1. The second kappa shape index (κ2) is 5.88. The van der Waals surface area contributed by atoms with E-state index in [9.17, 15) is 19.6 Å². The van der Waals surface area contributed by atoms with E-state index < -0.39 is 16.8 Å². The van der Waals surface area contributed by atoms with Crippen molar-refractivity contribution in [3.63, 3.8) is 0 Å². The van der Waals surface area contributed by atoms with Gasteiger partial charge in [0.05, 0.1) is 22.7 Å². The van der Waals surface area contributed by atoms with E-state index in [4.69, 9.17) is 4.74 Å². The summed E-state index contributed by atoms with van der Waals surface area (Å²) in [5.74, 6) is -0.212. The number of nitro groups is 1. The van der Waals surface area contributed by atoms with Crippen molar-refractivity contribution in [1.82, 2.24) is 0 Å². The molecule has 0 saturated heterocycles. The Bertz CT molecular complexity index is 685. The van der Waals surface area contributed by atoms with Crippen LogP contribution >= 0.6 is 0 Å². The Morgan fingerprint density at radius 3 is 2.62 bits per heavy atom. The van der Waals surface area contributed by atoms with Crippen LogP contribution in [0, 0.1) is 22.9 Å². The van der Waals surface area contributed by atoms with Crippen molar-refractivity contribution in [1.29, 1.82) is 0 Å². The number of ether oxygens (including phenoxy) is 1. The third-order valence-electron chi connectivity index (χ3n) is 3.03. The molecule has 2 aromatic rings. The van der Waals surface area contributed by atoms with E-state index in [1.54, 1.807) is 13.0 Å². The van der Waals surface area contributed by atoms with E-state index in [0.717, 1.165) is 0 Å². The van der Waals surface area contributed by atoms with Crippen LogP contribution in [0.3, 0.4) is 0 Å². The van der Waals surface area contributed by atoms with Gasteiger partial charge in [-0.3, -0.25) is 10.1 Å². The van der Waals surface area contributed by atoms with Gasteiger partial charge in [0.25, 0.3) is 5.69 Å². The van der Waals surface area contributed by atoms with Crippen molar-refractivity contribution in [2.75, 3.05) is 0 Å². The molecule has 0 unspecified atom stereocenters. The molecule has 0 saturated carbocycles. The molecule has 21 heavy (non-hydrogen) atoms. The van der Waals surface area contributed by atoms with E-state index >= 15 is 0 Å². The van der Waals surface area contributed by atoms with Gasteiger partial charge in [0.15, 0.2) is 0 Å². The Morgan fingerprint density at radius 1 is 1.29 bits per heavy atom. The van der Waals surface area contributed by atoms with Gasteiger partial charge in [-0.25, -0.2) is 4.39 Å². The number of nitro benzene ring substituents is 1. The summed E-state index contributed by atoms with van der Waals surface area (Å²) in [6.07, 6.45) is -1.06. The Morgan fingerprint density at radius 2 is 2.00 bits per heavy atom. The third kappa shape index (κ3) is 3.17. The SMILES string of the molecule is Cc1ccc([N+](=O)[O-])cc1Oc1cccc(F)c1[C@@H](C)O. The monoisotopic (exact) mass is 291 g/mol. The minimum absolute atomic E-state index is 0.0170. The number of hydrogen-bond acceptors (Lipinski definition) is 4. The molecule has 2 aromatic carbocycles. The lowest BCUT2D eigenvalue weighted by molar-refractivity contribution is -0.384. The molecule has 6 heteroatoms. The molecule has 0 aliphatic carbocycles. The molecule has 1 N–H and O–H groups in total. The average molecular weight is 291 g/mol. The van der Waals surface area contributed by atoms with Crippen LogP contribution in [0.1, 0.15) is 24.2 Å². The fourth-order valence-electron chi connectivity index (χ4n) is 1.94. The largest absolute Gasteiger partial charge is 0.456 e. The molecule has 2 rings (SSSR count). The topological polar surface area (TPSA) is 72.6 Å². The first kappa shape index (κ1) is 14.9. The van der Waals surface area contributed by atoms with Crippen molar-refractivity contribution >= 4 is 5.69 Å². The molecule has 0 spiro atoms. The fraction of sp³-hybridized carbons (Fsp3) is 0.200. The molecule has 0 aromatic heterocycles. The number of benzene rings is 2. The summed E-state index contributed by atoms with van der Waals surface area (Å²) >= 11 is 0. The van der Waals surface area contributed by atoms with Crippen molar-refractivity contribution < 1.29 is 19.2 Å². The summed E-state index contributed by atoms with van der Waals surface area (Å²) in [6.45, 7) is 3.14. The number of nitrogens with zero attached hydrogens (tertiary/aromatic N) is 1. The van der Waals surface area contributed by atoms with Crippen molar-refractivity contribution in [2.24, 2.45) is 0 Å². The predicted octanol–water partition coefficient (Wildman–Crippen LogP) is 3.89. The van der Waals surface area contributed by atoms with Gasteiger partial charge in [0.1, 0.15) is 17.3 Å². The zero-order valence-corrected chi connectivity index (χ0v) is 11.5. The number of rotatable bonds is 4. The van der Waals surface area contributed by atoms with Crippen LogP contribution in [-0.2, 0) is 0 Å². The number of aliphatic hydroxyl groups is 1. The highest BCUT2D eigenvalue weighted by atomic mass is 19.1. The lowest BCUT2D eigenvalue weighted by atomic mass is 10.1. The number of non-ortho nitro benzene ring substituents is 1. The van der Waals surface area contributed by atoms with E-state index in [0.29, 0.717) is 5.56 Å². The zero-order chi connectivity index (χ0) is 15.6. The fourth-order valence-corrected chi connectivity index (χ4v) is 1.94. The van der Waals surface area contributed by atoms with Gasteiger partial charge < -0.3 is 9.84 Å². The summed E-state index contributed by atoms with van der Waals surface area (Å²) in [5, 5.41) is 20.4. The summed E-state index contributed by atoms with van der Waals surface area (Å²) < 4.78 is 19.3. The quantitative estimate of drug-likeness (QED) is 0.685. The molecule has 1 atom stereocenters. The number of halogens is 1. The molecule has 0 aliphatic heterocycles. The molecule has 0 radical (unpaired) electrons. The van der Waals surface area contributed by atoms with E-state index in [-0.39, 0.29) is 22.7 Å². The lowest BCUT2D eigenvalue weighted by Gasteiger charge is -2.15. The highest BCUT2D eigenvalue weighted by Gasteiger charge is 2.17. The maximum absolute atomic E-state index is 13.8. The Balaban J connectivity index is 2.45. The summed E-state index contributed by atoms with van der Waals surface area (Å²) in [7, 11) is 0. The van der Waals surface area contributed by atoms with Gasteiger partial charge in [0.2, 0.25) is 0 Å². The second-order valence-electron chi connectivity index (χ2n) is 4.64. The van der Waals surface area contributed by atoms with Crippen LogP contribution in [0.25, 0.3) is 0 Å². The normalized spacial score (nSPS) is 12.0. The Hall–Kier alpha value is -2.47. The Labute approximate surface area is 120 Å². The maximum atomic E-state index is 13.8. The molecule has 110 valence electrons. The van der Waals surface area contributed by atoms with Crippen LogP contribution in [0.2, 0.25) is 0 Å². The zero-order valence-electron chi connectivity index (χ0n) is 11.5. The first-order valence-electron chi connectivity index (χ1n) is 6.29. The number of aryl methyl sites for hydroxylation is 1. The average Bonchev–Trinajstić information content (AvgIpc) is 2.40. The van der Waals surface area contributed by atoms with Gasteiger partial charge in [-0.05, 0) is 37.6 Å². The van der Waals surface area contributed by atoms with E-state index in [2.05, 4.69) is 0 Å². The molecule has 0 aliphatic rings. The van der Waals surface area contributed by atoms with Crippen LogP contribution < -0.4 is 4.74 Å². The second-order valence-corrected chi connectivity index (χ2v) is 4.64. The van der Waals surface area contributed by atoms with E-state index in [1.807, 2.05) is 0 Å². The van der Waals surface area contributed by atoms with Crippen molar-refractivity contribution in [2.45, 2.75) is 20.0 Å². The maximum Gasteiger partial charge on any atom is 0.273 e. The molecular weight excluding hydrogens is 277 g/mol. The van der Waals surface area contributed by atoms with Gasteiger partial charge in [-0.15, -0.1) is 0 Å². The smallest absolute Gasteiger partial charge is 0.273 e. The molecule has 0 amide bonds. The lowest BCUT2D eigenvalue weighted by Crippen LogP contribution is -2.00. The summed E-state index contributed by atoms with van der Waals surface area (Å²) in [6, 6.07) is 8.35. The number of hydrogen-bond donors (Lipinski definition) is 1. The molecule has 0 fully saturated rings. The molecule has 0 heterocycles. The van der Waals surface area contributed by atoms with Crippen LogP contribution in [0.4, 0.5) is 10.1 Å². The summed E-state index contributed by atoms with van der Waals surface area (Å²) in [4.78, 5) is 10.3. The van der Waals surface area contributed by atoms with Crippen molar-refractivity contribution in [3.05, 3.63) is 63.5 Å². The van der Waals surface area contributed by atoms with Crippen molar-refractivity contribution in [3.8, 4) is 11.5 Å². The first-order chi connectivity index (χ1) is 9.90. The van der Waals surface area contributed by atoms with Gasteiger partial charge >= 0.3 is 0 Å². The van der Waals surface area contributed by atoms with Crippen LogP contribution in [-0.4, -0.2) is 10.0 Å². The predicted molar refractivity (Wildman–Crippen MR) is 74.9 cm³/mol. The Kier molecular flexibility index (Phi) is 4.18. The first-order valence-corrected chi connectivity index (χ1v) is 6.29. The standard InChI is InChI=1S/C15H14FNO4/c1-9-6-7-11(17(19)20)8-14(9)21-13-5-3-4-12(16)15(13)10(2)18/h3-8,10,18H,1-2H3/t10-/m1/s1. The highest BCUT2D eigenvalue weighted by molar-refractivity contribution is 5.47. The van der Waals surface area contributed by atoms with E-state index in [1.165, 1.54) is 37.3 Å². The summed E-state index contributed by atoms with van der Waals surface area (Å²) in [5.41, 5.74) is 0.565. The van der Waals surface area contributed by atoms with Gasteiger partial charge in [0, 0.05) is 6.07 Å². The minimum atomic E-state index is -1.06. The molecule has 5 nitrogen and oxygen atoms in total. The van der Waals surface area contributed by atoms with Gasteiger partial charge in [-0.2, -0.15) is 0 Å².